The van der Waals surface area contributed by atoms with Crippen molar-refractivity contribution in [1.82, 2.24) is 40.4 Å². The molecule has 0 fully saturated rings. The molecule has 6 rings (SSSR count). The lowest BCUT2D eigenvalue weighted by atomic mass is 9.95. The first-order chi connectivity index (χ1) is 27.0. The highest BCUT2D eigenvalue weighted by Gasteiger charge is 2.22. The summed E-state index contributed by atoms with van der Waals surface area (Å²) in [5, 5.41) is 7.25. The maximum absolute atomic E-state index is 12.9. The molecule has 0 atom stereocenters. The van der Waals surface area contributed by atoms with Crippen molar-refractivity contribution in [2.75, 3.05) is 33.3 Å². The predicted molar refractivity (Wildman–Crippen MR) is 215 cm³/mol. The van der Waals surface area contributed by atoms with Crippen LogP contribution in [0.5, 0.6) is 0 Å². The van der Waals surface area contributed by atoms with E-state index in [1.165, 1.54) is 7.11 Å². The number of imidazole rings is 2. The van der Waals surface area contributed by atoms with E-state index in [4.69, 9.17) is 13.8 Å². The average molecular weight is 763 g/mol. The number of alkyl carbamates (subject to hydrolysis) is 1. The number of nitrogens with zero attached hydrogens (tertiary/aromatic N) is 4. The van der Waals surface area contributed by atoms with Crippen LogP contribution < -0.4 is 10.6 Å². The molecular formula is C42H50N8O6. The molecule has 14 nitrogen and oxygen atoms in total. The summed E-state index contributed by atoms with van der Waals surface area (Å²) in [6, 6.07) is 12.3. The Kier molecular flexibility index (Phi) is 12.3. The standard InChI is InChI=1S/C42H50N8O6/c1-8-15-49(25(4)19-45-38(51)10-3)23-36-43-20-34(47-36)29-12-13-30(40-33(29)18-27(6)55-40)28-11-14-31(41-32(28)17-26(5)56-41)35-21-44-37(48-35)24-50(16-9-2)39(52)22-46-42(53)54-7/h11-14,17-18,20-21H,4,8-10,15-16,19,22-24H2,1-3,5-7H3,(H,43,47)(H,44,48)(H,45,51)(H,46,53). The van der Waals surface area contributed by atoms with Gasteiger partial charge in [-0.15, -0.1) is 0 Å². The third kappa shape index (κ3) is 8.64. The first-order valence-corrected chi connectivity index (χ1v) is 19.0. The quantitative estimate of drug-likeness (QED) is 0.0730. The van der Waals surface area contributed by atoms with Crippen LogP contribution in [0, 0.1) is 13.8 Å². The predicted octanol–water partition coefficient (Wildman–Crippen LogP) is 7.59. The third-order valence-electron chi connectivity index (χ3n) is 9.59. The van der Waals surface area contributed by atoms with E-state index in [1.54, 1.807) is 11.1 Å². The van der Waals surface area contributed by atoms with Crippen LogP contribution in [0.15, 0.2) is 69.9 Å². The average Bonchev–Trinajstić information content (AvgIpc) is 4.01. The van der Waals surface area contributed by atoms with E-state index in [0.717, 1.165) is 92.4 Å². The Balaban J connectivity index is 1.27. The van der Waals surface area contributed by atoms with Crippen LogP contribution in [0.3, 0.4) is 0 Å². The number of nitrogens with one attached hydrogen (secondary N) is 4. The Labute approximate surface area is 325 Å². The monoisotopic (exact) mass is 762 g/mol. The summed E-state index contributed by atoms with van der Waals surface area (Å²) in [4.78, 5) is 56.3. The molecule has 0 unspecified atom stereocenters. The maximum atomic E-state index is 12.9. The lowest BCUT2D eigenvalue weighted by Gasteiger charge is -2.25. The Morgan fingerprint density at radius 1 is 0.750 bits per heavy atom. The number of hydrogen-bond acceptors (Lipinski definition) is 9. The van der Waals surface area contributed by atoms with E-state index < -0.39 is 6.09 Å². The van der Waals surface area contributed by atoms with E-state index in [1.807, 2.05) is 52.1 Å². The number of fused-ring (bicyclic) bond motifs is 2. The number of carbonyl (C=O) groups excluding carboxylic acids is 3. The van der Waals surface area contributed by atoms with Gasteiger partial charge in [-0.3, -0.25) is 9.59 Å². The van der Waals surface area contributed by atoms with Crippen LogP contribution in [-0.4, -0.2) is 80.9 Å². The molecule has 0 radical (unpaired) electrons. The van der Waals surface area contributed by atoms with Gasteiger partial charge in [0.25, 0.3) is 0 Å². The van der Waals surface area contributed by atoms with Gasteiger partial charge in [-0.1, -0.05) is 39.5 Å². The maximum Gasteiger partial charge on any atom is 0.407 e. The van der Waals surface area contributed by atoms with Crippen molar-refractivity contribution in [1.29, 1.82) is 0 Å². The number of aromatic nitrogens is 4. The SMILES string of the molecule is C=C(CNC(=O)CC)N(CCC)Cc1ncc(-c2ccc(-c3ccc(-c4cnc(CN(CCC)C(=O)CNC(=O)OC)[nH]4)c4oc(C)cc34)c3oc(C)cc23)[nH]1. The summed E-state index contributed by atoms with van der Waals surface area (Å²) in [6.07, 6.45) is 5.03. The molecule has 6 aromatic rings. The summed E-state index contributed by atoms with van der Waals surface area (Å²) in [5.41, 5.74) is 7.58. The molecule has 294 valence electrons. The molecule has 0 spiro atoms. The van der Waals surface area contributed by atoms with Crippen molar-refractivity contribution in [2.24, 2.45) is 0 Å². The van der Waals surface area contributed by atoms with Crippen molar-refractivity contribution >= 4 is 39.8 Å². The minimum atomic E-state index is -0.660. The molecule has 0 bridgehead atoms. The number of hydrogen-bond donors (Lipinski definition) is 4. The molecule has 4 aromatic heterocycles. The number of benzene rings is 2. The molecule has 0 aliphatic carbocycles. The molecule has 0 saturated heterocycles. The molecule has 4 N–H and O–H groups in total. The second-order valence-corrected chi connectivity index (χ2v) is 13.8. The summed E-state index contributed by atoms with van der Waals surface area (Å²) >= 11 is 0. The van der Waals surface area contributed by atoms with Gasteiger partial charge in [0.1, 0.15) is 40.9 Å². The van der Waals surface area contributed by atoms with E-state index >= 15 is 0 Å². The molecule has 14 heteroatoms. The van der Waals surface area contributed by atoms with E-state index in [-0.39, 0.29) is 24.9 Å². The number of methoxy groups -OCH3 is 1. The van der Waals surface area contributed by atoms with Crippen molar-refractivity contribution in [2.45, 2.75) is 67.0 Å². The third-order valence-corrected chi connectivity index (χ3v) is 9.59. The molecule has 56 heavy (non-hydrogen) atoms. The molecule has 0 saturated carbocycles. The Bertz CT molecular complexity index is 2200. The topological polar surface area (TPSA) is 175 Å². The van der Waals surface area contributed by atoms with Crippen molar-refractivity contribution in [3.8, 4) is 33.6 Å². The first-order valence-electron chi connectivity index (χ1n) is 19.0. The summed E-state index contributed by atoms with van der Waals surface area (Å²) in [5.74, 6) is 2.69. The van der Waals surface area contributed by atoms with Crippen LogP contribution in [0.4, 0.5) is 4.79 Å². The fraction of sp³-hybridized carbons (Fsp3) is 0.357. The number of rotatable bonds is 17. The minimum Gasteiger partial charge on any atom is -0.461 e. The van der Waals surface area contributed by atoms with Crippen molar-refractivity contribution in [3.63, 3.8) is 0 Å². The Morgan fingerprint density at radius 2 is 1.29 bits per heavy atom. The number of carbonyl (C=O) groups is 3. The van der Waals surface area contributed by atoms with Gasteiger partial charge in [-0.2, -0.15) is 0 Å². The van der Waals surface area contributed by atoms with Crippen LogP contribution in [0.2, 0.25) is 0 Å². The molecule has 0 aliphatic heterocycles. The highest BCUT2D eigenvalue weighted by molar-refractivity contribution is 6.09. The van der Waals surface area contributed by atoms with Crippen molar-refractivity contribution in [3.05, 3.63) is 84.2 Å². The fourth-order valence-electron chi connectivity index (χ4n) is 6.86. The normalized spacial score (nSPS) is 11.2. The zero-order valence-electron chi connectivity index (χ0n) is 32.9. The van der Waals surface area contributed by atoms with Crippen molar-refractivity contribution < 1.29 is 28.0 Å². The van der Waals surface area contributed by atoms with Gasteiger partial charge < -0.3 is 44.0 Å². The second kappa shape index (κ2) is 17.4. The molecule has 4 heterocycles. The van der Waals surface area contributed by atoms with E-state index in [2.05, 4.69) is 66.9 Å². The first kappa shape index (κ1) is 39.4. The van der Waals surface area contributed by atoms with E-state index in [0.29, 0.717) is 37.5 Å². The minimum absolute atomic E-state index is 0.00779. The largest absolute Gasteiger partial charge is 0.461 e. The van der Waals surface area contributed by atoms with E-state index in [9.17, 15) is 14.4 Å². The molecular weight excluding hydrogens is 713 g/mol. The number of aromatic amines is 2. The van der Waals surface area contributed by atoms with Gasteiger partial charge in [0.05, 0.1) is 50.5 Å². The molecule has 2 aromatic carbocycles. The summed E-state index contributed by atoms with van der Waals surface area (Å²) < 4.78 is 17.3. The van der Waals surface area contributed by atoms with Gasteiger partial charge >= 0.3 is 6.09 Å². The second-order valence-electron chi connectivity index (χ2n) is 13.8. The van der Waals surface area contributed by atoms with Crippen LogP contribution in [0.25, 0.3) is 55.6 Å². The number of H-pyrrole nitrogens is 2. The van der Waals surface area contributed by atoms with Gasteiger partial charge in [-0.25, -0.2) is 14.8 Å². The highest BCUT2D eigenvalue weighted by Crippen LogP contribution is 2.42. The summed E-state index contributed by atoms with van der Waals surface area (Å²) in [6.45, 7) is 16.3. The number of furan rings is 2. The lowest BCUT2D eigenvalue weighted by Crippen LogP contribution is -2.40. The Morgan fingerprint density at radius 3 is 1.91 bits per heavy atom. The van der Waals surface area contributed by atoms with Gasteiger partial charge in [0, 0.05) is 52.7 Å². The molecule has 3 amide bonds. The lowest BCUT2D eigenvalue weighted by molar-refractivity contribution is -0.131. The number of ether oxygens (including phenoxy) is 1. The van der Waals surface area contributed by atoms with Gasteiger partial charge in [-0.05, 0) is 56.5 Å². The zero-order valence-corrected chi connectivity index (χ0v) is 32.9. The van der Waals surface area contributed by atoms with Crippen LogP contribution >= 0.6 is 0 Å². The zero-order chi connectivity index (χ0) is 39.9. The fourth-order valence-corrected chi connectivity index (χ4v) is 6.86. The van der Waals surface area contributed by atoms with Crippen LogP contribution in [-0.2, 0) is 27.4 Å². The highest BCUT2D eigenvalue weighted by atomic mass is 16.5. The van der Waals surface area contributed by atoms with Gasteiger partial charge in [0.2, 0.25) is 11.8 Å². The smallest absolute Gasteiger partial charge is 0.407 e. The molecule has 0 aliphatic rings. The summed E-state index contributed by atoms with van der Waals surface area (Å²) in [7, 11) is 1.26. The number of aryl methyl sites for hydroxylation is 2. The number of amides is 3. The Hall–Kier alpha value is -6.31. The van der Waals surface area contributed by atoms with Crippen LogP contribution in [0.1, 0.15) is 63.2 Å². The van der Waals surface area contributed by atoms with Gasteiger partial charge in [0.15, 0.2) is 0 Å².